The number of benzene rings is 5. The Kier molecular flexibility index (Phi) is 9.52. The fourth-order valence-electron chi connectivity index (χ4n) is 4.58. The van der Waals surface area contributed by atoms with E-state index in [1.54, 1.807) is 6.08 Å². The molecule has 5 rings (SSSR count). The Bertz CT molecular complexity index is 1510. The Labute approximate surface area is 233 Å². The molecule has 0 saturated heterocycles. The van der Waals surface area contributed by atoms with Crippen LogP contribution in [0.5, 0.6) is 0 Å². The maximum Gasteiger partial charge on any atom is 0.0487 e. The first-order valence-electron chi connectivity index (χ1n) is 13.3. The van der Waals surface area contributed by atoms with Crippen LogP contribution in [-0.2, 0) is 0 Å². The quantitative estimate of drug-likeness (QED) is 0.152. The number of fused-ring (bicyclic) bond motifs is 1. The van der Waals surface area contributed by atoms with E-state index in [2.05, 4.69) is 145 Å². The van der Waals surface area contributed by atoms with Gasteiger partial charge in [0.05, 0.1) is 0 Å². The second kappa shape index (κ2) is 13.6. The second-order valence-electron chi connectivity index (χ2n) is 9.15. The van der Waals surface area contributed by atoms with Crippen LogP contribution in [-0.4, -0.2) is 13.6 Å². The minimum atomic E-state index is 0.762. The predicted molar refractivity (Wildman–Crippen MR) is 173 cm³/mol. The van der Waals surface area contributed by atoms with Gasteiger partial charge < -0.3 is 9.80 Å². The average Bonchev–Trinajstić information content (AvgIpc) is 3.00. The van der Waals surface area contributed by atoms with Crippen LogP contribution in [0.1, 0.15) is 6.92 Å². The third-order valence-electron chi connectivity index (χ3n) is 6.60. The van der Waals surface area contributed by atoms with E-state index in [0.29, 0.717) is 0 Å². The minimum Gasteiger partial charge on any atom is -0.344 e. The van der Waals surface area contributed by atoms with Crippen LogP contribution < -0.4 is 9.80 Å². The summed E-state index contributed by atoms with van der Waals surface area (Å²) < 4.78 is 0. The van der Waals surface area contributed by atoms with Crippen LogP contribution in [0.2, 0.25) is 0 Å². The summed E-state index contributed by atoms with van der Waals surface area (Å²) in [6.07, 6.45) is 7.51. The van der Waals surface area contributed by atoms with E-state index in [0.717, 1.165) is 23.6 Å². The molecular weight excluding hydrogens is 472 g/mol. The Hall–Kier alpha value is -4.82. The largest absolute Gasteiger partial charge is 0.344 e. The van der Waals surface area contributed by atoms with Gasteiger partial charge in [-0.2, -0.15) is 0 Å². The second-order valence-corrected chi connectivity index (χ2v) is 9.15. The molecule has 2 heteroatoms. The highest BCUT2D eigenvalue weighted by atomic mass is 15.1. The monoisotopic (exact) mass is 508 g/mol. The summed E-state index contributed by atoms with van der Waals surface area (Å²) in [5.74, 6) is 0. The average molecular weight is 509 g/mol. The number of allylic oxidation sites excluding steroid dienone is 3. The zero-order valence-corrected chi connectivity index (χ0v) is 22.9. The molecule has 0 aliphatic carbocycles. The summed E-state index contributed by atoms with van der Waals surface area (Å²) >= 11 is 0. The molecule has 0 aliphatic rings. The summed E-state index contributed by atoms with van der Waals surface area (Å²) in [6, 6.07) is 42.9. The van der Waals surface area contributed by atoms with Crippen LogP contribution in [0.3, 0.4) is 0 Å². The van der Waals surface area contributed by atoms with E-state index >= 15 is 0 Å². The van der Waals surface area contributed by atoms with Crippen molar-refractivity contribution < 1.29 is 0 Å². The maximum atomic E-state index is 3.93. The number of anilines is 4. The zero-order valence-electron chi connectivity index (χ0n) is 22.9. The Morgan fingerprint density at radius 2 is 1.18 bits per heavy atom. The number of hydrogen-bond donors (Lipinski definition) is 0. The molecule has 0 aromatic heterocycles. The van der Waals surface area contributed by atoms with Crippen LogP contribution >= 0.6 is 0 Å². The first kappa shape index (κ1) is 27.2. The topological polar surface area (TPSA) is 6.48 Å². The van der Waals surface area contributed by atoms with Gasteiger partial charge in [-0.25, -0.2) is 0 Å². The van der Waals surface area contributed by atoms with Crippen molar-refractivity contribution in [3.63, 3.8) is 0 Å². The van der Waals surface area contributed by atoms with E-state index in [9.17, 15) is 0 Å². The molecule has 39 heavy (non-hydrogen) atoms. The van der Waals surface area contributed by atoms with Gasteiger partial charge >= 0.3 is 0 Å². The summed E-state index contributed by atoms with van der Waals surface area (Å²) in [5, 5.41) is 2.51. The van der Waals surface area contributed by atoms with E-state index in [-0.39, 0.29) is 0 Å². The molecule has 0 bridgehead atoms. The first-order valence-corrected chi connectivity index (χ1v) is 13.3. The number of para-hydroxylation sites is 1. The molecule has 0 aliphatic heterocycles. The highest BCUT2D eigenvalue weighted by Crippen LogP contribution is 2.33. The molecule has 0 unspecified atom stereocenters. The molecule has 194 valence electrons. The van der Waals surface area contributed by atoms with E-state index in [1.807, 2.05) is 31.2 Å². The minimum absolute atomic E-state index is 0.762. The van der Waals surface area contributed by atoms with Crippen molar-refractivity contribution in [1.29, 1.82) is 0 Å². The third kappa shape index (κ3) is 6.74. The van der Waals surface area contributed by atoms with Crippen molar-refractivity contribution in [2.75, 3.05) is 23.4 Å². The van der Waals surface area contributed by atoms with Gasteiger partial charge in [-0.1, -0.05) is 110 Å². The molecule has 0 amide bonds. The zero-order chi connectivity index (χ0) is 27.5. The van der Waals surface area contributed by atoms with Crippen molar-refractivity contribution in [3.05, 3.63) is 159 Å². The molecule has 0 heterocycles. The van der Waals surface area contributed by atoms with Gasteiger partial charge in [0.2, 0.25) is 0 Å². The van der Waals surface area contributed by atoms with Gasteiger partial charge in [0.25, 0.3) is 0 Å². The van der Waals surface area contributed by atoms with E-state index < -0.39 is 0 Å². The smallest absolute Gasteiger partial charge is 0.0487 e. The summed E-state index contributed by atoms with van der Waals surface area (Å²) in [7, 11) is 2.13. The Balaban J connectivity index is 0.000000648. The lowest BCUT2D eigenvalue weighted by Crippen LogP contribution is -2.16. The highest BCUT2D eigenvalue weighted by Gasteiger charge is 2.10. The van der Waals surface area contributed by atoms with Crippen LogP contribution in [0, 0.1) is 0 Å². The molecule has 0 N–H and O–H groups in total. The standard InChI is InChI=1S/C32H28N2.C5H8/c1-3-24-34(29-12-5-4-6-13-29)30-22-18-26(19-23-30)25-16-20-28(21-17-25)33(2)32-15-9-11-27-10-7-8-14-31(27)32;1-3-5-4-2/h3-23H,1,24H2,2H3;3-5H,1H2,2H3/b;5-4-. The Morgan fingerprint density at radius 1 is 0.615 bits per heavy atom. The van der Waals surface area contributed by atoms with Gasteiger partial charge in [-0.05, 0) is 65.9 Å². The third-order valence-corrected chi connectivity index (χ3v) is 6.60. The van der Waals surface area contributed by atoms with E-state index in [4.69, 9.17) is 0 Å². The summed E-state index contributed by atoms with van der Waals surface area (Å²) in [4.78, 5) is 4.52. The first-order chi connectivity index (χ1) is 19.2. The maximum absolute atomic E-state index is 3.93. The van der Waals surface area contributed by atoms with Crippen molar-refractivity contribution in [2.45, 2.75) is 6.92 Å². The molecule has 0 fully saturated rings. The normalized spacial score (nSPS) is 10.5. The number of rotatable bonds is 8. The molecule has 0 atom stereocenters. The lowest BCUT2D eigenvalue weighted by atomic mass is 10.0. The van der Waals surface area contributed by atoms with Crippen molar-refractivity contribution in [2.24, 2.45) is 0 Å². The van der Waals surface area contributed by atoms with Crippen molar-refractivity contribution in [3.8, 4) is 11.1 Å². The highest BCUT2D eigenvalue weighted by molar-refractivity contribution is 5.96. The van der Waals surface area contributed by atoms with Crippen LogP contribution in [0.15, 0.2) is 159 Å². The molecule has 0 spiro atoms. The van der Waals surface area contributed by atoms with Gasteiger partial charge in [0, 0.05) is 41.7 Å². The van der Waals surface area contributed by atoms with E-state index in [1.165, 1.54) is 27.6 Å². The molecule has 2 nitrogen and oxygen atoms in total. The van der Waals surface area contributed by atoms with Gasteiger partial charge in [-0.3, -0.25) is 0 Å². The van der Waals surface area contributed by atoms with Crippen molar-refractivity contribution in [1.82, 2.24) is 0 Å². The number of hydrogen-bond acceptors (Lipinski definition) is 2. The summed E-state index contributed by atoms with van der Waals surface area (Å²) in [6.45, 7) is 10.1. The van der Waals surface area contributed by atoms with Crippen LogP contribution in [0.4, 0.5) is 22.7 Å². The fourth-order valence-corrected chi connectivity index (χ4v) is 4.58. The fraction of sp³-hybridized carbons (Fsp3) is 0.0811. The SMILES string of the molecule is C=C/C=C\C.C=CCN(c1ccccc1)c1ccc(-c2ccc(N(C)c3cccc4ccccc34)cc2)cc1. The molecule has 0 saturated carbocycles. The van der Waals surface area contributed by atoms with Gasteiger partial charge in [-0.15, -0.1) is 6.58 Å². The molecule has 5 aromatic carbocycles. The summed E-state index contributed by atoms with van der Waals surface area (Å²) in [5.41, 5.74) is 7.10. The predicted octanol–water partition coefficient (Wildman–Crippen LogP) is 10.3. The lowest BCUT2D eigenvalue weighted by Gasteiger charge is -2.24. The molecule has 5 aromatic rings. The number of nitrogens with zero attached hydrogens (tertiary/aromatic N) is 2. The molecular formula is C37H36N2. The molecule has 0 radical (unpaired) electrons. The van der Waals surface area contributed by atoms with Gasteiger partial charge in [0.1, 0.15) is 0 Å². The lowest BCUT2D eigenvalue weighted by molar-refractivity contribution is 1.10. The van der Waals surface area contributed by atoms with Crippen LogP contribution in [0.25, 0.3) is 21.9 Å². The van der Waals surface area contributed by atoms with Gasteiger partial charge in [0.15, 0.2) is 0 Å². The Morgan fingerprint density at radius 3 is 1.77 bits per heavy atom. The van der Waals surface area contributed by atoms with Crippen molar-refractivity contribution >= 4 is 33.5 Å².